The second-order valence-corrected chi connectivity index (χ2v) is 16.7. The largest absolute Gasteiger partial charge is 0.310 e. The van der Waals surface area contributed by atoms with Gasteiger partial charge in [-0.1, -0.05) is 194 Å². The third-order valence-electron chi connectivity index (χ3n) is 13.7. The smallest absolute Gasteiger partial charge is 0.0725 e. The van der Waals surface area contributed by atoms with E-state index in [0.717, 1.165) is 17.8 Å². The van der Waals surface area contributed by atoms with Crippen LogP contribution in [0.3, 0.4) is 0 Å². The number of para-hydroxylation sites is 1. The molecule has 11 aromatic carbocycles. The highest BCUT2D eigenvalue weighted by atomic mass is 15.1. The van der Waals surface area contributed by atoms with Crippen molar-refractivity contribution in [2.75, 3.05) is 4.90 Å². The van der Waals surface area contributed by atoms with Gasteiger partial charge in [0.15, 0.2) is 0 Å². The van der Waals surface area contributed by atoms with Gasteiger partial charge in [0.25, 0.3) is 0 Å². The quantitative estimate of drug-likeness (QED) is 0.162. The summed E-state index contributed by atoms with van der Waals surface area (Å²) >= 11 is 0. The van der Waals surface area contributed by atoms with Crippen LogP contribution in [-0.4, -0.2) is 0 Å². The third-order valence-corrected chi connectivity index (χ3v) is 13.7. The van der Waals surface area contributed by atoms with Crippen molar-refractivity contribution in [2.24, 2.45) is 0 Å². The maximum atomic E-state index is 2.47. The molecule has 1 heteroatoms. The Bertz CT molecular complexity index is 3440. The molecule has 13 rings (SSSR count). The monoisotopic (exact) mass is 773 g/mol. The molecule has 0 N–H and O–H groups in total. The average molecular weight is 774 g/mol. The Morgan fingerprint density at radius 3 is 1.38 bits per heavy atom. The summed E-state index contributed by atoms with van der Waals surface area (Å²) in [6.07, 6.45) is 0.869. The van der Waals surface area contributed by atoms with Crippen LogP contribution < -0.4 is 4.90 Å². The molecule has 1 spiro atoms. The van der Waals surface area contributed by atoms with Crippen molar-refractivity contribution in [3.8, 4) is 22.3 Å². The molecule has 2 aliphatic rings. The lowest BCUT2D eigenvalue weighted by Crippen LogP contribution is -2.39. The Labute approximate surface area is 355 Å². The Morgan fingerprint density at radius 2 is 0.754 bits per heavy atom. The van der Waals surface area contributed by atoms with Crippen molar-refractivity contribution in [2.45, 2.75) is 11.8 Å². The summed E-state index contributed by atoms with van der Waals surface area (Å²) in [6.45, 7) is 0. The molecule has 0 fully saturated rings. The molecule has 0 aromatic heterocycles. The molecular weight excluding hydrogens is 735 g/mol. The lowest BCUT2D eigenvalue weighted by Gasteiger charge is -2.48. The van der Waals surface area contributed by atoms with Crippen LogP contribution in [0, 0.1) is 0 Å². The minimum atomic E-state index is -0.501. The molecular formula is C60H39N. The van der Waals surface area contributed by atoms with E-state index in [4.69, 9.17) is 0 Å². The molecule has 0 saturated heterocycles. The van der Waals surface area contributed by atoms with Crippen LogP contribution >= 0.6 is 0 Å². The lowest BCUT2D eigenvalue weighted by molar-refractivity contribution is 0.726. The highest BCUT2D eigenvalue weighted by Crippen LogP contribution is 2.62. The number of benzene rings is 11. The first-order valence-electron chi connectivity index (χ1n) is 21.4. The Hall–Kier alpha value is -7.74. The summed E-state index contributed by atoms with van der Waals surface area (Å²) in [5.74, 6) is 0. The number of anilines is 3. The summed E-state index contributed by atoms with van der Waals surface area (Å²) in [6, 6.07) is 84.0. The minimum Gasteiger partial charge on any atom is -0.310 e. The van der Waals surface area contributed by atoms with E-state index in [2.05, 4.69) is 229 Å². The zero-order valence-corrected chi connectivity index (χ0v) is 33.5. The fraction of sp³-hybridized carbons (Fsp3) is 0.0333. The molecule has 1 nitrogen and oxygen atoms in total. The molecule has 0 heterocycles. The van der Waals surface area contributed by atoms with Gasteiger partial charge >= 0.3 is 0 Å². The van der Waals surface area contributed by atoms with Gasteiger partial charge in [-0.2, -0.15) is 0 Å². The van der Waals surface area contributed by atoms with Crippen LogP contribution in [0.4, 0.5) is 17.1 Å². The second kappa shape index (κ2) is 13.1. The van der Waals surface area contributed by atoms with E-state index in [0.29, 0.717) is 0 Å². The van der Waals surface area contributed by atoms with Crippen molar-refractivity contribution in [1.82, 2.24) is 0 Å². The molecule has 0 radical (unpaired) electrons. The minimum absolute atomic E-state index is 0.501. The van der Waals surface area contributed by atoms with E-state index in [-0.39, 0.29) is 0 Å². The van der Waals surface area contributed by atoms with Crippen molar-refractivity contribution < 1.29 is 0 Å². The zero-order valence-electron chi connectivity index (χ0n) is 33.5. The van der Waals surface area contributed by atoms with Crippen LogP contribution in [0.25, 0.3) is 65.3 Å². The Morgan fingerprint density at radius 1 is 0.295 bits per heavy atom. The van der Waals surface area contributed by atoms with Crippen LogP contribution in [0.2, 0.25) is 0 Å². The van der Waals surface area contributed by atoms with Gasteiger partial charge in [-0.15, -0.1) is 0 Å². The fourth-order valence-corrected chi connectivity index (χ4v) is 11.2. The summed E-state index contributed by atoms with van der Waals surface area (Å²) < 4.78 is 0. The molecule has 0 bridgehead atoms. The van der Waals surface area contributed by atoms with Crippen molar-refractivity contribution in [3.63, 3.8) is 0 Å². The molecule has 2 aliphatic carbocycles. The number of rotatable bonds is 3. The lowest BCUT2D eigenvalue weighted by atomic mass is 9.53. The van der Waals surface area contributed by atoms with Gasteiger partial charge in [0.1, 0.15) is 0 Å². The maximum absolute atomic E-state index is 2.47. The van der Waals surface area contributed by atoms with Crippen LogP contribution in [0.5, 0.6) is 0 Å². The summed E-state index contributed by atoms with van der Waals surface area (Å²) in [5.41, 5.74) is 16.2. The van der Waals surface area contributed by atoms with Gasteiger partial charge in [-0.25, -0.2) is 0 Å². The van der Waals surface area contributed by atoms with Gasteiger partial charge in [0.05, 0.1) is 11.1 Å². The predicted octanol–water partition coefficient (Wildman–Crippen LogP) is 15.7. The molecule has 0 atom stereocenters. The van der Waals surface area contributed by atoms with Gasteiger partial charge in [0, 0.05) is 16.8 Å². The van der Waals surface area contributed by atoms with E-state index in [1.807, 2.05) is 0 Å². The first-order valence-corrected chi connectivity index (χ1v) is 21.4. The van der Waals surface area contributed by atoms with Crippen LogP contribution in [-0.2, 0) is 11.8 Å². The summed E-state index contributed by atoms with van der Waals surface area (Å²) in [4.78, 5) is 2.47. The van der Waals surface area contributed by atoms with E-state index in [1.54, 1.807) is 0 Å². The molecule has 11 aromatic rings. The zero-order chi connectivity index (χ0) is 40.1. The van der Waals surface area contributed by atoms with Crippen molar-refractivity contribution >= 4 is 60.2 Å². The molecule has 0 unspecified atom stereocenters. The first kappa shape index (κ1) is 34.2. The summed E-state index contributed by atoms with van der Waals surface area (Å²) in [5, 5.41) is 10.2. The van der Waals surface area contributed by atoms with Crippen molar-refractivity contribution in [3.05, 3.63) is 258 Å². The number of hydrogen-bond acceptors (Lipinski definition) is 1. The Balaban J connectivity index is 1.09. The Kier molecular flexibility index (Phi) is 7.35. The molecule has 0 amide bonds. The third kappa shape index (κ3) is 4.78. The number of nitrogens with zero attached hydrogens (tertiary/aromatic N) is 1. The number of fused-ring (bicyclic) bond motifs is 16. The SMILES string of the molecule is c1ccc(N(c2ccc3c4ccccc4c4ccccc4c3c2)c2ccc3c4c(cccc24)C32c3ccccc3-c3ccccc3Cc3ccccc3-c3ccccc32)cc1. The highest BCUT2D eigenvalue weighted by molar-refractivity contribution is 6.26. The molecule has 0 saturated carbocycles. The second-order valence-electron chi connectivity index (χ2n) is 16.7. The van der Waals surface area contributed by atoms with Gasteiger partial charge in [0.2, 0.25) is 0 Å². The average Bonchev–Trinajstić information content (AvgIpc) is 3.33. The van der Waals surface area contributed by atoms with E-state index in [9.17, 15) is 0 Å². The number of hydrogen-bond donors (Lipinski definition) is 0. The first-order chi connectivity index (χ1) is 30.3. The van der Waals surface area contributed by atoms with Crippen molar-refractivity contribution in [1.29, 1.82) is 0 Å². The van der Waals surface area contributed by atoms with Gasteiger partial charge in [-0.3, -0.25) is 0 Å². The molecule has 0 aliphatic heterocycles. The fourth-order valence-electron chi connectivity index (χ4n) is 11.2. The van der Waals surface area contributed by atoms with Crippen LogP contribution in [0.1, 0.15) is 33.4 Å². The maximum Gasteiger partial charge on any atom is 0.0725 e. The van der Waals surface area contributed by atoms with E-state index >= 15 is 0 Å². The normalized spacial score (nSPS) is 13.3. The van der Waals surface area contributed by atoms with E-state index in [1.165, 1.54) is 104 Å². The van der Waals surface area contributed by atoms with Gasteiger partial charge in [-0.05, 0) is 130 Å². The van der Waals surface area contributed by atoms with E-state index < -0.39 is 5.41 Å². The van der Waals surface area contributed by atoms with Gasteiger partial charge < -0.3 is 4.90 Å². The molecule has 284 valence electrons. The summed E-state index contributed by atoms with van der Waals surface area (Å²) in [7, 11) is 0. The standard InChI is InChI=1S/C60H39N/c1-2-19-41(20-3-1)61(42-33-34-49-47-25-9-8-23-45(47)46-24-10-11-26-48(46)53(49)38-42)58-36-35-57-59-52(58)29-16-32-56(59)60(57)54-30-14-12-27-50(54)43-21-6-4-17-39(43)37-40-18-5-7-22-44(40)51-28-13-15-31-55(51)60/h1-36,38H,37H2. The highest BCUT2D eigenvalue weighted by Gasteiger charge is 2.50. The topological polar surface area (TPSA) is 3.24 Å². The van der Waals surface area contributed by atoms with Crippen LogP contribution in [0.15, 0.2) is 224 Å². The predicted molar refractivity (Wildman–Crippen MR) is 257 cm³/mol. The molecule has 61 heavy (non-hydrogen) atoms.